The second kappa shape index (κ2) is 8.66. The minimum atomic E-state index is -0.441. The molecule has 1 aromatic heterocycles. The Hall–Kier alpha value is -2.89. The highest BCUT2D eigenvalue weighted by Gasteiger charge is 2.37. The molecule has 27 heavy (non-hydrogen) atoms. The Morgan fingerprint density at radius 1 is 1.26 bits per heavy atom. The van der Waals surface area contributed by atoms with E-state index in [0.717, 1.165) is 24.0 Å². The van der Waals surface area contributed by atoms with E-state index in [9.17, 15) is 9.59 Å². The topological polar surface area (TPSA) is 68.7 Å². The Morgan fingerprint density at radius 3 is 2.78 bits per heavy atom. The maximum absolute atomic E-state index is 12.4. The fraction of sp³-hybridized carbons (Fsp3) is 0.381. The highest BCUT2D eigenvalue weighted by Crippen LogP contribution is 2.34. The smallest absolute Gasteiger partial charge is 0.311 e. The van der Waals surface area contributed by atoms with E-state index < -0.39 is 5.92 Å². The average Bonchev–Trinajstić information content (AvgIpc) is 3.07. The molecule has 0 bridgehead atoms. The predicted molar refractivity (Wildman–Crippen MR) is 102 cm³/mol. The lowest BCUT2D eigenvalue weighted by molar-refractivity contribution is -0.148. The molecule has 1 aliphatic rings. The SMILES string of the molecule is COc1ccc(C)cc1N1CC(C(=O)OCCCc2ccncc2)CC1=O. The van der Waals surface area contributed by atoms with Crippen molar-refractivity contribution in [1.82, 2.24) is 4.98 Å². The molecule has 1 aromatic carbocycles. The number of nitrogens with zero attached hydrogens (tertiary/aromatic N) is 2. The summed E-state index contributed by atoms with van der Waals surface area (Å²) in [6.07, 6.45) is 5.23. The minimum absolute atomic E-state index is 0.0855. The summed E-state index contributed by atoms with van der Waals surface area (Å²) in [5, 5.41) is 0. The molecule has 0 spiro atoms. The number of benzene rings is 1. The lowest BCUT2D eigenvalue weighted by Gasteiger charge is -2.20. The predicted octanol–water partition coefficient (Wildman–Crippen LogP) is 2.93. The van der Waals surface area contributed by atoms with Crippen LogP contribution in [0.15, 0.2) is 42.7 Å². The van der Waals surface area contributed by atoms with Crippen LogP contribution in [0.3, 0.4) is 0 Å². The Balaban J connectivity index is 1.54. The molecule has 2 heterocycles. The Kier molecular flexibility index (Phi) is 6.06. The Bertz CT molecular complexity index is 807. The summed E-state index contributed by atoms with van der Waals surface area (Å²) >= 11 is 0. The van der Waals surface area contributed by atoms with Gasteiger partial charge in [0.15, 0.2) is 0 Å². The molecule has 0 radical (unpaired) electrons. The molecule has 6 nitrogen and oxygen atoms in total. The van der Waals surface area contributed by atoms with Crippen molar-refractivity contribution in [3.05, 3.63) is 53.9 Å². The molecule has 2 aromatic rings. The number of hydrogen-bond donors (Lipinski definition) is 0. The van der Waals surface area contributed by atoms with Crippen LogP contribution < -0.4 is 9.64 Å². The number of methoxy groups -OCH3 is 1. The summed E-state index contributed by atoms with van der Waals surface area (Å²) < 4.78 is 10.8. The first-order valence-corrected chi connectivity index (χ1v) is 9.09. The molecule has 0 N–H and O–H groups in total. The first-order valence-electron chi connectivity index (χ1n) is 9.09. The van der Waals surface area contributed by atoms with Gasteiger partial charge in [0.05, 0.1) is 25.3 Å². The summed E-state index contributed by atoms with van der Waals surface area (Å²) in [4.78, 5) is 30.4. The maximum atomic E-state index is 12.4. The van der Waals surface area contributed by atoms with Crippen molar-refractivity contribution in [2.75, 3.05) is 25.2 Å². The van der Waals surface area contributed by atoms with E-state index in [2.05, 4.69) is 4.98 Å². The summed E-state index contributed by atoms with van der Waals surface area (Å²) in [5.74, 6) is -0.214. The number of carbonyl (C=O) groups is 2. The number of anilines is 1. The first kappa shape index (κ1) is 18.9. The molecule has 0 saturated carbocycles. The number of carbonyl (C=O) groups excluding carboxylic acids is 2. The van der Waals surface area contributed by atoms with E-state index >= 15 is 0 Å². The monoisotopic (exact) mass is 368 g/mol. The van der Waals surface area contributed by atoms with Crippen molar-refractivity contribution in [3.8, 4) is 5.75 Å². The number of pyridine rings is 1. The van der Waals surface area contributed by atoms with Crippen molar-refractivity contribution in [3.63, 3.8) is 0 Å². The standard InChI is InChI=1S/C21H24N2O4/c1-15-5-6-19(26-2)18(12-15)23-14-17(13-20(23)24)21(25)27-11-3-4-16-7-9-22-10-8-16/h5-10,12,17H,3-4,11,13-14H2,1-2H3. The van der Waals surface area contributed by atoms with E-state index in [1.165, 1.54) is 0 Å². The largest absolute Gasteiger partial charge is 0.495 e. The third kappa shape index (κ3) is 4.64. The van der Waals surface area contributed by atoms with Gasteiger partial charge in [-0.25, -0.2) is 0 Å². The lowest BCUT2D eigenvalue weighted by Crippen LogP contribution is -2.27. The summed E-state index contributed by atoms with van der Waals surface area (Å²) in [5.41, 5.74) is 2.89. The molecule has 1 aliphatic heterocycles. The molecule has 1 saturated heterocycles. The zero-order valence-electron chi connectivity index (χ0n) is 15.7. The third-order valence-electron chi connectivity index (χ3n) is 4.69. The zero-order valence-corrected chi connectivity index (χ0v) is 15.7. The van der Waals surface area contributed by atoms with Gasteiger partial charge in [0.25, 0.3) is 0 Å². The maximum Gasteiger partial charge on any atom is 0.311 e. The fourth-order valence-corrected chi connectivity index (χ4v) is 3.23. The van der Waals surface area contributed by atoms with E-state index in [4.69, 9.17) is 9.47 Å². The lowest BCUT2D eigenvalue weighted by atomic mass is 10.1. The van der Waals surface area contributed by atoms with Gasteiger partial charge in [-0.1, -0.05) is 6.07 Å². The fourth-order valence-electron chi connectivity index (χ4n) is 3.23. The van der Waals surface area contributed by atoms with E-state index in [1.807, 2.05) is 37.3 Å². The number of aromatic nitrogens is 1. The molecule has 1 amide bonds. The quantitative estimate of drug-likeness (QED) is 0.555. The van der Waals surface area contributed by atoms with Crippen LogP contribution in [0, 0.1) is 12.8 Å². The normalized spacial score (nSPS) is 16.4. The summed E-state index contributed by atoms with van der Waals surface area (Å²) in [6, 6.07) is 9.56. The van der Waals surface area contributed by atoms with Crippen LogP contribution in [0.25, 0.3) is 0 Å². The number of amides is 1. The number of rotatable bonds is 7. The summed E-state index contributed by atoms with van der Waals surface area (Å²) in [7, 11) is 1.57. The van der Waals surface area contributed by atoms with Crippen molar-refractivity contribution in [2.45, 2.75) is 26.2 Å². The number of aryl methyl sites for hydroxylation is 2. The van der Waals surface area contributed by atoms with Crippen molar-refractivity contribution >= 4 is 17.6 Å². The van der Waals surface area contributed by atoms with Gasteiger partial charge in [-0.2, -0.15) is 0 Å². The van der Waals surface area contributed by atoms with E-state index in [-0.39, 0.29) is 18.3 Å². The van der Waals surface area contributed by atoms with Crippen LogP contribution in [0.2, 0.25) is 0 Å². The van der Waals surface area contributed by atoms with Gasteiger partial charge >= 0.3 is 5.97 Å². The average molecular weight is 368 g/mol. The van der Waals surface area contributed by atoms with Crippen molar-refractivity contribution < 1.29 is 19.1 Å². The van der Waals surface area contributed by atoms with Gasteiger partial charge in [-0.3, -0.25) is 14.6 Å². The molecule has 1 atom stereocenters. The van der Waals surface area contributed by atoms with Crippen LogP contribution >= 0.6 is 0 Å². The van der Waals surface area contributed by atoms with Crippen LogP contribution in [-0.4, -0.2) is 37.1 Å². The van der Waals surface area contributed by atoms with Gasteiger partial charge in [-0.15, -0.1) is 0 Å². The second-order valence-corrected chi connectivity index (χ2v) is 6.71. The van der Waals surface area contributed by atoms with E-state index in [0.29, 0.717) is 24.6 Å². The Labute approximate surface area is 159 Å². The number of ether oxygens (including phenoxy) is 2. The van der Waals surface area contributed by atoms with Gasteiger partial charge in [0, 0.05) is 25.4 Å². The first-order chi connectivity index (χ1) is 13.1. The third-order valence-corrected chi connectivity index (χ3v) is 4.69. The summed E-state index contributed by atoms with van der Waals surface area (Å²) in [6.45, 7) is 2.62. The van der Waals surface area contributed by atoms with Crippen LogP contribution in [-0.2, 0) is 20.7 Å². The molecule has 6 heteroatoms. The molecule has 3 rings (SSSR count). The van der Waals surface area contributed by atoms with Gasteiger partial charge in [-0.05, 0) is 55.2 Å². The molecule has 0 aliphatic carbocycles. The van der Waals surface area contributed by atoms with Crippen LogP contribution in [0.4, 0.5) is 5.69 Å². The highest BCUT2D eigenvalue weighted by molar-refractivity contribution is 6.00. The molecule has 1 unspecified atom stereocenters. The highest BCUT2D eigenvalue weighted by atomic mass is 16.5. The van der Waals surface area contributed by atoms with Crippen molar-refractivity contribution in [2.24, 2.45) is 5.92 Å². The molecular weight excluding hydrogens is 344 g/mol. The zero-order chi connectivity index (χ0) is 19.2. The van der Waals surface area contributed by atoms with Crippen molar-refractivity contribution in [1.29, 1.82) is 0 Å². The van der Waals surface area contributed by atoms with Gasteiger partial charge in [0.2, 0.25) is 5.91 Å². The molecular formula is C21H24N2O4. The van der Waals surface area contributed by atoms with Gasteiger partial charge < -0.3 is 14.4 Å². The number of esters is 1. The van der Waals surface area contributed by atoms with Gasteiger partial charge in [0.1, 0.15) is 5.75 Å². The second-order valence-electron chi connectivity index (χ2n) is 6.71. The Morgan fingerprint density at radius 2 is 2.04 bits per heavy atom. The van der Waals surface area contributed by atoms with Crippen LogP contribution in [0.1, 0.15) is 24.0 Å². The molecule has 1 fully saturated rings. The number of hydrogen-bond acceptors (Lipinski definition) is 5. The molecule has 142 valence electrons. The minimum Gasteiger partial charge on any atom is -0.495 e. The van der Waals surface area contributed by atoms with E-state index in [1.54, 1.807) is 24.4 Å². The van der Waals surface area contributed by atoms with Crippen LogP contribution in [0.5, 0.6) is 5.75 Å².